The smallest absolute Gasteiger partial charge is 0.156 e. The maximum Gasteiger partial charge on any atom is 0.156 e. The van der Waals surface area contributed by atoms with Gasteiger partial charge in [0.25, 0.3) is 0 Å². The molecule has 0 spiro atoms. The summed E-state index contributed by atoms with van der Waals surface area (Å²) < 4.78 is 24.1. The summed E-state index contributed by atoms with van der Waals surface area (Å²) in [4.78, 5) is 0. The van der Waals surface area contributed by atoms with Crippen LogP contribution in [0.15, 0.2) is 48.5 Å². The quantitative estimate of drug-likeness (QED) is 0.532. The van der Waals surface area contributed by atoms with Crippen LogP contribution in [0.3, 0.4) is 0 Å². The average Bonchev–Trinajstić information content (AvgIpc) is 2.67. The number of hydrogen-bond acceptors (Lipinski definition) is 2. The van der Waals surface area contributed by atoms with Gasteiger partial charge in [-0.2, -0.15) is 0 Å². The highest BCUT2D eigenvalue weighted by molar-refractivity contribution is 7.91. The lowest BCUT2D eigenvalue weighted by atomic mass is 9.74. The van der Waals surface area contributed by atoms with Crippen LogP contribution in [-0.4, -0.2) is 13.7 Å². The van der Waals surface area contributed by atoms with E-state index in [1.165, 1.54) is 36.0 Å². The van der Waals surface area contributed by atoms with E-state index < -0.39 is 9.84 Å². The monoisotopic (exact) mass is 412 g/mol. The summed E-state index contributed by atoms with van der Waals surface area (Å²) in [7, 11) is -3.04. The van der Waals surface area contributed by atoms with Gasteiger partial charge in [0.15, 0.2) is 9.84 Å². The van der Waals surface area contributed by atoms with Gasteiger partial charge in [0.05, 0.1) is 11.0 Å². The van der Waals surface area contributed by atoms with Gasteiger partial charge in [0, 0.05) is 0 Å². The molecule has 1 saturated carbocycles. The fourth-order valence-corrected chi connectivity index (χ4v) is 5.66. The first-order valence-corrected chi connectivity index (χ1v) is 12.8. The molecule has 29 heavy (non-hydrogen) atoms. The Morgan fingerprint density at radius 2 is 1.21 bits per heavy atom. The van der Waals surface area contributed by atoms with Crippen molar-refractivity contribution >= 4 is 9.84 Å². The lowest BCUT2D eigenvalue weighted by molar-refractivity contribution is 0.268. The van der Waals surface area contributed by atoms with Crippen LogP contribution in [0.1, 0.15) is 75.1 Å². The van der Waals surface area contributed by atoms with E-state index in [1.54, 1.807) is 13.8 Å². The molecular formula is C26H36O2S. The molecule has 0 radical (unpaired) electrons. The molecule has 0 aromatic heterocycles. The van der Waals surface area contributed by atoms with E-state index in [0.29, 0.717) is 0 Å². The number of hydrogen-bond donors (Lipinski definition) is 0. The van der Waals surface area contributed by atoms with Crippen molar-refractivity contribution in [2.24, 2.45) is 11.8 Å². The van der Waals surface area contributed by atoms with Crippen molar-refractivity contribution in [1.82, 2.24) is 0 Å². The van der Waals surface area contributed by atoms with Gasteiger partial charge in [-0.1, -0.05) is 62.4 Å². The van der Waals surface area contributed by atoms with Gasteiger partial charge in [-0.05, 0) is 86.0 Å². The van der Waals surface area contributed by atoms with E-state index >= 15 is 0 Å². The summed E-state index contributed by atoms with van der Waals surface area (Å²) in [5, 5.41) is -0.329. The fourth-order valence-electron chi connectivity index (χ4n) is 4.67. The minimum atomic E-state index is -3.04. The molecule has 2 unspecified atom stereocenters. The zero-order valence-electron chi connectivity index (χ0n) is 18.4. The summed E-state index contributed by atoms with van der Waals surface area (Å²) in [5.74, 6) is 2.52. The highest BCUT2D eigenvalue weighted by Crippen LogP contribution is 2.39. The molecule has 158 valence electrons. The van der Waals surface area contributed by atoms with Crippen molar-refractivity contribution < 1.29 is 8.42 Å². The summed E-state index contributed by atoms with van der Waals surface area (Å²) in [6.07, 6.45) is 6.01. The second kappa shape index (κ2) is 9.47. The molecule has 3 rings (SSSR count). The van der Waals surface area contributed by atoms with Crippen LogP contribution < -0.4 is 0 Å². The molecule has 2 atom stereocenters. The van der Waals surface area contributed by atoms with Gasteiger partial charge in [0.1, 0.15) is 0 Å². The van der Waals surface area contributed by atoms with Crippen LogP contribution in [0.4, 0.5) is 0 Å². The van der Waals surface area contributed by atoms with Crippen molar-refractivity contribution in [3.05, 3.63) is 70.8 Å². The number of rotatable bonds is 7. The molecule has 0 amide bonds. The van der Waals surface area contributed by atoms with Gasteiger partial charge in [0.2, 0.25) is 0 Å². The maximum atomic E-state index is 12.1. The van der Waals surface area contributed by atoms with E-state index in [1.807, 2.05) is 12.1 Å². The Bertz CT molecular complexity index is 869. The third-order valence-corrected chi connectivity index (χ3v) is 8.61. The zero-order chi connectivity index (χ0) is 21.0. The summed E-state index contributed by atoms with van der Waals surface area (Å²) in [6, 6.07) is 17.3. The Morgan fingerprint density at radius 3 is 1.69 bits per heavy atom. The highest BCUT2D eigenvalue weighted by atomic mass is 32.2. The minimum absolute atomic E-state index is 0.130. The number of benzene rings is 2. The Balaban J connectivity index is 1.55. The molecule has 2 nitrogen and oxygen atoms in total. The van der Waals surface area contributed by atoms with Gasteiger partial charge in [-0.25, -0.2) is 8.42 Å². The van der Waals surface area contributed by atoms with Crippen LogP contribution in [0.2, 0.25) is 0 Å². The molecule has 0 saturated heterocycles. The lowest BCUT2D eigenvalue weighted by Gasteiger charge is -2.31. The van der Waals surface area contributed by atoms with E-state index in [-0.39, 0.29) is 11.0 Å². The SMILES string of the molecule is CC1CC(C)CC(c2ccc(CCc3ccc(CS(=O)(=O)C(C)C)cc3)cc2)C1. The summed E-state index contributed by atoms with van der Waals surface area (Å²) in [5.41, 5.74) is 5.01. The van der Waals surface area contributed by atoms with Gasteiger partial charge < -0.3 is 0 Å². The molecule has 1 fully saturated rings. The molecule has 0 N–H and O–H groups in total. The molecule has 3 heteroatoms. The van der Waals surface area contributed by atoms with E-state index in [9.17, 15) is 8.42 Å². The summed E-state index contributed by atoms with van der Waals surface area (Å²) in [6.45, 7) is 8.26. The molecule has 2 aromatic rings. The average molecular weight is 413 g/mol. The van der Waals surface area contributed by atoms with E-state index in [2.05, 4.69) is 50.2 Å². The molecule has 1 aliphatic carbocycles. The maximum absolute atomic E-state index is 12.1. The van der Waals surface area contributed by atoms with Gasteiger partial charge in [-0.3, -0.25) is 0 Å². The van der Waals surface area contributed by atoms with Crippen molar-refractivity contribution in [1.29, 1.82) is 0 Å². The third-order valence-electron chi connectivity index (χ3n) is 6.44. The number of sulfone groups is 1. The topological polar surface area (TPSA) is 34.1 Å². The minimum Gasteiger partial charge on any atom is -0.228 e. The first-order chi connectivity index (χ1) is 13.7. The van der Waals surface area contributed by atoms with Crippen LogP contribution in [-0.2, 0) is 28.4 Å². The molecule has 0 aliphatic heterocycles. The zero-order valence-corrected chi connectivity index (χ0v) is 19.2. The first kappa shape index (κ1) is 22.1. The molecule has 2 aromatic carbocycles. The van der Waals surface area contributed by atoms with Crippen LogP contribution in [0.25, 0.3) is 0 Å². The van der Waals surface area contributed by atoms with Gasteiger partial charge in [-0.15, -0.1) is 0 Å². The standard InChI is InChI=1S/C26H36O2S/c1-19(2)29(27,28)18-24-9-7-22(8-10-24)5-6-23-11-13-25(14-12-23)26-16-20(3)15-21(4)17-26/h7-14,19-21,26H,5-6,15-18H2,1-4H3. The van der Waals surface area contributed by atoms with Crippen molar-refractivity contribution in [3.8, 4) is 0 Å². The second-order valence-corrected chi connectivity index (χ2v) is 12.1. The Labute approximate surface area is 177 Å². The molecular weight excluding hydrogens is 376 g/mol. The fraction of sp³-hybridized carbons (Fsp3) is 0.538. The second-order valence-electron chi connectivity index (χ2n) is 9.53. The molecule has 1 aliphatic rings. The highest BCUT2D eigenvalue weighted by Gasteiger charge is 2.24. The first-order valence-electron chi connectivity index (χ1n) is 11.1. The van der Waals surface area contributed by atoms with Crippen LogP contribution >= 0.6 is 0 Å². The predicted molar refractivity (Wildman–Crippen MR) is 123 cm³/mol. The Kier molecular flexibility index (Phi) is 7.21. The van der Waals surface area contributed by atoms with Crippen LogP contribution in [0, 0.1) is 11.8 Å². The van der Waals surface area contributed by atoms with E-state index in [0.717, 1.165) is 36.2 Å². The van der Waals surface area contributed by atoms with Crippen molar-refractivity contribution in [3.63, 3.8) is 0 Å². The predicted octanol–water partition coefficient (Wildman–Crippen LogP) is 6.33. The number of aryl methyl sites for hydroxylation is 2. The largest absolute Gasteiger partial charge is 0.228 e. The normalized spacial score (nSPS) is 22.7. The molecule has 0 bridgehead atoms. The van der Waals surface area contributed by atoms with Gasteiger partial charge >= 0.3 is 0 Å². The Hall–Kier alpha value is -1.61. The van der Waals surface area contributed by atoms with Crippen molar-refractivity contribution in [2.75, 3.05) is 0 Å². The van der Waals surface area contributed by atoms with E-state index in [4.69, 9.17) is 0 Å². The summed E-state index contributed by atoms with van der Waals surface area (Å²) >= 11 is 0. The molecule has 0 heterocycles. The third kappa shape index (κ3) is 6.18. The van der Waals surface area contributed by atoms with Crippen molar-refractivity contribution in [2.45, 2.75) is 76.7 Å². The Morgan fingerprint density at radius 1 is 0.759 bits per heavy atom. The van der Waals surface area contributed by atoms with Crippen LogP contribution in [0.5, 0.6) is 0 Å². The lowest BCUT2D eigenvalue weighted by Crippen LogP contribution is -2.18.